The summed E-state index contributed by atoms with van der Waals surface area (Å²) < 4.78 is 0. The van der Waals surface area contributed by atoms with Crippen molar-refractivity contribution < 1.29 is 0 Å². The summed E-state index contributed by atoms with van der Waals surface area (Å²) in [6, 6.07) is 21.9. The monoisotopic (exact) mass is 271 g/mol. The average molecular weight is 271 g/mol. The molecule has 0 radical (unpaired) electrons. The normalized spacial score (nSPS) is 10.8. The Labute approximate surface area is 117 Å². The number of hydrogen-bond donors (Lipinski definition) is 1. The van der Waals surface area contributed by atoms with E-state index in [-0.39, 0.29) is 7.92 Å². The van der Waals surface area contributed by atoms with E-state index >= 15 is 0 Å². The second-order valence-corrected chi connectivity index (χ2v) is 6.87. The lowest BCUT2D eigenvalue weighted by atomic mass is 10.4. The first kappa shape index (κ1) is 14.2. The van der Waals surface area contributed by atoms with Crippen LogP contribution in [0.2, 0.25) is 0 Å². The van der Waals surface area contributed by atoms with Gasteiger partial charge in [0, 0.05) is 0 Å². The first-order valence-electron chi connectivity index (χ1n) is 7.00. The van der Waals surface area contributed by atoms with Gasteiger partial charge in [0.2, 0.25) is 0 Å². The van der Waals surface area contributed by atoms with Crippen LogP contribution in [0, 0.1) is 0 Å². The molecule has 0 amide bonds. The van der Waals surface area contributed by atoms with Gasteiger partial charge in [-0.05, 0) is 44.2 Å². The maximum absolute atomic E-state index is 3.42. The highest BCUT2D eigenvalue weighted by Gasteiger charge is 2.12. The molecule has 1 N–H and O–H groups in total. The largest absolute Gasteiger partial charge is 0.317 e. The summed E-state index contributed by atoms with van der Waals surface area (Å²) in [6.45, 7) is 4.35. The molecule has 19 heavy (non-hydrogen) atoms. The van der Waals surface area contributed by atoms with Gasteiger partial charge in [0.1, 0.15) is 0 Å². The van der Waals surface area contributed by atoms with Crippen molar-refractivity contribution in [2.24, 2.45) is 0 Å². The summed E-state index contributed by atoms with van der Waals surface area (Å²) >= 11 is 0. The van der Waals surface area contributed by atoms with E-state index < -0.39 is 0 Å². The van der Waals surface area contributed by atoms with Crippen LogP contribution in [0.25, 0.3) is 0 Å². The Kier molecular flexibility index (Phi) is 6.07. The van der Waals surface area contributed by atoms with Gasteiger partial charge in [-0.3, -0.25) is 0 Å². The van der Waals surface area contributed by atoms with E-state index in [1.165, 1.54) is 23.2 Å². The van der Waals surface area contributed by atoms with Crippen molar-refractivity contribution in [2.75, 3.05) is 19.3 Å². The maximum Gasteiger partial charge on any atom is -0.00455 e. The molecule has 0 aliphatic carbocycles. The Morgan fingerprint density at radius 1 is 0.842 bits per heavy atom. The lowest BCUT2D eigenvalue weighted by Gasteiger charge is -2.18. The minimum atomic E-state index is -0.207. The summed E-state index contributed by atoms with van der Waals surface area (Å²) in [5, 5.41) is 6.39. The third-order valence-electron chi connectivity index (χ3n) is 3.12. The van der Waals surface area contributed by atoms with Gasteiger partial charge in [0.15, 0.2) is 0 Å². The molecule has 0 saturated carbocycles. The van der Waals surface area contributed by atoms with Crippen LogP contribution in [0.4, 0.5) is 0 Å². The first-order valence-corrected chi connectivity index (χ1v) is 8.53. The standard InChI is InChI=1S/C17H22NP/c1-2-18-14-9-15-19(16-10-5-3-6-11-16)17-12-7-4-8-13-17/h3-8,10-13,18H,2,9,14-15H2,1H3. The van der Waals surface area contributed by atoms with Crippen molar-refractivity contribution >= 4 is 18.5 Å². The lowest BCUT2D eigenvalue weighted by molar-refractivity contribution is 0.706. The SMILES string of the molecule is CCNCCCP(c1ccccc1)c1ccccc1. The molecule has 2 heteroatoms. The van der Waals surface area contributed by atoms with Crippen LogP contribution in [0.3, 0.4) is 0 Å². The third kappa shape index (κ3) is 4.45. The van der Waals surface area contributed by atoms with Crippen LogP contribution in [-0.2, 0) is 0 Å². The molecule has 0 aliphatic heterocycles. The number of rotatable bonds is 7. The number of hydrogen-bond acceptors (Lipinski definition) is 1. The highest BCUT2D eigenvalue weighted by Crippen LogP contribution is 2.33. The Bertz CT molecular complexity index is 416. The molecule has 0 bridgehead atoms. The zero-order chi connectivity index (χ0) is 13.3. The zero-order valence-electron chi connectivity index (χ0n) is 11.5. The van der Waals surface area contributed by atoms with E-state index in [9.17, 15) is 0 Å². The fraction of sp³-hybridized carbons (Fsp3) is 0.294. The van der Waals surface area contributed by atoms with Crippen LogP contribution in [-0.4, -0.2) is 19.3 Å². The molecular formula is C17H22NP. The maximum atomic E-state index is 3.42. The molecule has 0 unspecified atom stereocenters. The van der Waals surface area contributed by atoms with Crippen LogP contribution in [0.5, 0.6) is 0 Å². The predicted molar refractivity (Wildman–Crippen MR) is 87.1 cm³/mol. The van der Waals surface area contributed by atoms with Gasteiger partial charge >= 0.3 is 0 Å². The summed E-state index contributed by atoms with van der Waals surface area (Å²) in [4.78, 5) is 0. The summed E-state index contributed by atoms with van der Waals surface area (Å²) in [7, 11) is -0.207. The minimum Gasteiger partial charge on any atom is -0.317 e. The molecule has 0 saturated heterocycles. The van der Waals surface area contributed by atoms with Gasteiger partial charge in [-0.1, -0.05) is 67.6 Å². The van der Waals surface area contributed by atoms with E-state index in [0.717, 1.165) is 13.1 Å². The molecule has 100 valence electrons. The molecule has 0 spiro atoms. The summed E-state index contributed by atoms with van der Waals surface area (Å²) in [6.07, 6.45) is 2.50. The molecule has 0 heterocycles. The molecule has 2 rings (SSSR count). The van der Waals surface area contributed by atoms with Crippen LogP contribution >= 0.6 is 7.92 Å². The topological polar surface area (TPSA) is 12.0 Å². The number of benzene rings is 2. The van der Waals surface area contributed by atoms with Crippen LogP contribution in [0.1, 0.15) is 13.3 Å². The van der Waals surface area contributed by atoms with Gasteiger partial charge in [0.05, 0.1) is 0 Å². The Morgan fingerprint density at radius 3 is 1.84 bits per heavy atom. The molecule has 0 aliphatic rings. The third-order valence-corrected chi connectivity index (χ3v) is 5.73. The average Bonchev–Trinajstić information content (AvgIpc) is 2.49. The Morgan fingerprint density at radius 2 is 1.37 bits per heavy atom. The molecule has 0 fully saturated rings. The van der Waals surface area contributed by atoms with Gasteiger partial charge in [0.25, 0.3) is 0 Å². The molecule has 2 aromatic rings. The van der Waals surface area contributed by atoms with Crippen LogP contribution in [0.15, 0.2) is 60.7 Å². The predicted octanol–water partition coefficient (Wildman–Crippen LogP) is 3.12. The van der Waals surface area contributed by atoms with Crippen molar-refractivity contribution in [2.45, 2.75) is 13.3 Å². The fourth-order valence-electron chi connectivity index (χ4n) is 2.16. The van der Waals surface area contributed by atoms with Crippen LogP contribution < -0.4 is 15.9 Å². The lowest BCUT2D eigenvalue weighted by Crippen LogP contribution is -2.18. The van der Waals surface area contributed by atoms with Crippen molar-refractivity contribution in [1.29, 1.82) is 0 Å². The summed E-state index contributed by atoms with van der Waals surface area (Å²) in [5.74, 6) is 0. The second-order valence-electron chi connectivity index (χ2n) is 4.53. The second kappa shape index (κ2) is 8.09. The van der Waals surface area contributed by atoms with Gasteiger partial charge < -0.3 is 5.32 Å². The zero-order valence-corrected chi connectivity index (χ0v) is 12.4. The smallest absolute Gasteiger partial charge is 0.00455 e. The molecule has 1 nitrogen and oxygen atoms in total. The first-order chi connectivity index (χ1) is 9.42. The molecule has 2 aromatic carbocycles. The van der Waals surface area contributed by atoms with Crippen molar-refractivity contribution in [3.63, 3.8) is 0 Å². The summed E-state index contributed by atoms with van der Waals surface area (Å²) in [5.41, 5.74) is 0. The van der Waals surface area contributed by atoms with Crippen molar-refractivity contribution in [3.05, 3.63) is 60.7 Å². The molecular weight excluding hydrogens is 249 g/mol. The van der Waals surface area contributed by atoms with E-state index in [1.54, 1.807) is 0 Å². The van der Waals surface area contributed by atoms with E-state index in [4.69, 9.17) is 0 Å². The minimum absolute atomic E-state index is 0.207. The van der Waals surface area contributed by atoms with E-state index in [0.29, 0.717) is 0 Å². The van der Waals surface area contributed by atoms with Gasteiger partial charge in [-0.25, -0.2) is 0 Å². The fourth-order valence-corrected chi connectivity index (χ4v) is 4.52. The van der Waals surface area contributed by atoms with E-state index in [2.05, 4.69) is 72.9 Å². The van der Waals surface area contributed by atoms with Crippen molar-refractivity contribution in [3.8, 4) is 0 Å². The van der Waals surface area contributed by atoms with Gasteiger partial charge in [-0.2, -0.15) is 0 Å². The highest BCUT2D eigenvalue weighted by molar-refractivity contribution is 7.73. The van der Waals surface area contributed by atoms with Crippen molar-refractivity contribution in [1.82, 2.24) is 5.32 Å². The molecule has 0 atom stereocenters. The quantitative estimate of drug-likeness (QED) is 0.602. The Balaban J connectivity index is 2.10. The Hall–Kier alpha value is -1.17. The van der Waals surface area contributed by atoms with E-state index in [1.807, 2.05) is 0 Å². The number of nitrogens with one attached hydrogen (secondary N) is 1. The molecule has 0 aromatic heterocycles. The highest BCUT2D eigenvalue weighted by atomic mass is 31.1. The van der Waals surface area contributed by atoms with Gasteiger partial charge in [-0.15, -0.1) is 0 Å².